The van der Waals surface area contributed by atoms with E-state index < -0.39 is 22.5 Å². The molecule has 7 heteroatoms. The predicted octanol–water partition coefficient (Wildman–Crippen LogP) is 1.83. The second-order valence-electron chi connectivity index (χ2n) is 11.1. The van der Waals surface area contributed by atoms with Crippen LogP contribution in [-0.2, 0) is 30.1 Å². The molecule has 4 N–H and O–H groups in total. The number of aromatic amines is 1. The van der Waals surface area contributed by atoms with E-state index in [1.807, 2.05) is 12.1 Å². The molecule has 1 saturated carbocycles. The molecule has 3 aliphatic carbocycles. The summed E-state index contributed by atoms with van der Waals surface area (Å²) in [6, 6.07) is 18.3. The summed E-state index contributed by atoms with van der Waals surface area (Å²) in [5.41, 5.74) is 8.55. The zero-order valence-electron chi connectivity index (χ0n) is 20.2. The lowest BCUT2D eigenvalue weighted by Gasteiger charge is -2.62. The molecule has 2 spiro atoms. The summed E-state index contributed by atoms with van der Waals surface area (Å²) in [6.07, 6.45) is 2.63. The molecule has 1 unspecified atom stereocenters. The summed E-state index contributed by atoms with van der Waals surface area (Å²) in [5, 5.41) is 12.7. The van der Waals surface area contributed by atoms with E-state index in [0.29, 0.717) is 12.8 Å². The minimum absolute atomic E-state index is 0.0355. The van der Waals surface area contributed by atoms with Crippen molar-refractivity contribution in [3.8, 4) is 5.75 Å². The van der Waals surface area contributed by atoms with Gasteiger partial charge < -0.3 is 20.6 Å². The average Bonchev–Trinajstić information content (AvgIpc) is 3.23. The number of primary amides is 1. The summed E-state index contributed by atoms with van der Waals surface area (Å²) in [5.74, 6) is 0.0218. The van der Waals surface area contributed by atoms with Gasteiger partial charge in [-0.25, -0.2) is 0 Å². The molecule has 2 aromatic carbocycles. The standard InChI is InChI=1S/C29H29N3O4/c1-36-19-7-8-21-22(12-19)28-14-23-18(11-20(24(30)33)25(34)31-23)13-29(28,35)26-27(21,15-28)16-32(26)10-9-17-5-3-2-4-6-17/h2-8,11-12,26,35H,9-10,13-16H2,1H3,(H2,30,33)(H,31,34)/t26-,27?,28+,29-/m1/s1. The first-order valence-corrected chi connectivity index (χ1v) is 12.6. The minimum Gasteiger partial charge on any atom is -0.497 e. The Morgan fingerprint density at radius 1 is 1.17 bits per heavy atom. The number of hydrogen-bond acceptors (Lipinski definition) is 5. The zero-order chi connectivity index (χ0) is 24.9. The fraction of sp³-hybridized carbons (Fsp3) is 0.379. The molecule has 4 atom stereocenters. The predicted molar refractivity (Wildman–Crippen MR) is 134 cm³/mol. The van der Waals surface area contributed by atoms with Crippen LogP contribution < -0.4 is 16.0 Å². The van der Waals surface area contributed by atoms with Crippen LogP contribution in [-0.4, -0.2) is 52.7 Å². The maximum absolute atomic E-state index is 12.7. The van der Waals surface area contributed by atoms with Crippen LogP contribution in [0.15, 0.2) is 59.4 Å². The average molecular weight is 484 g/mol. The van der Waals surface area contributed by atoms with Crippen molar-refractivity contribution in [2.75, 3.05) is 20.2 Å². The number of carbonyl (C=O) groups excluding carboxylic acids is 1. The number of hydrogen-bond donors (Lipinski definition) is 3. The van der Waals surface area contributed by atoms with Gasteiger partial charge in [0.1, 0.15) is 11.3 Å². The number of methoxy groups -OCH3 is 1. The van der Waals surface area contributed by atoms with Crippen molar-refractivity contribution >= 4 is 5.91 Å². The van der Waals surface area contributed by atoms with Crippen molar-refractivity contribution < 1.29 is 14.6 Å². The van der Waals surface area contributed by atoms with Gasteiger partial charge in [-0.2, -0.15) is 0 Å². The van der Waals surface area contributed by atoms with Crippen LogP contribution in [0.5, 0.6) is 5.75 Å². The van der Waals surface area contributed by atoms with Crippen LogP contribution in [0.2, 0.25) is 0 Å². The highest BCUT2D eigenvalue weighted by Crippen LogP contribution is 2.73. The highest BCUT2D eigenvalue weighted by atomic mass is 16.5. The Kier molecular flexibility index (Phi) is 4.29. The van der Waals surface area contributed by atoms with Crippen LogP contribution >= 0.6 is 0 Å². The Morgan fingerprint density at radius 2 is 1.97 bits per heavy atom. The number of aromatic nitrogens is 1. The maximum Gasteiger partial charge on any atom is 0.261 e. The smallest absolute Gasteiger partial charge is 0.261 e. The normalized spacial score (nSPS) is 31.1. The lowest BCUT2D eigenvalue weighted by molar-refractivity contribution is -0.135. The number of fused-ring (bicyclic) bond motifs is 3. The van der Waals surface area contributed by atoms with E-state index in [0.717, 1.165) is 48.5 Å². The van der Waals surface area contributed by atoms with Gasteiger partial charge in [0, 0.05) is 42.5 Å². The number of H-pyrrole nitrogens is 1. The SMILES string of the molecule is COc1ccc2c(c1)[C@@]13Cc4[nH]c(=O)c(C(N)=O)cc4C[C@@]1(O)[C@@H]1N(CCc4ccccc4)CC21C3. The van der Waals surface area contributed by atoms with Gasteiger partial charge in [0.2, 0.25) is 0 Å². The van der Waals surface area contributed by atoms with Crippen LogP contribution in [0.3, 0.4) is 0 Å². The molecule has 1 aliphatic heterocycles. The Morgan fingerprint density at radius 3 is 2.72 bits per heavy atom. The maximum atomic E-state index is 12.7. The molecule has 0 radical (unpaired) electrons. The lowest BCUT2D eigenvalue weighted by Crippen LogP contribution is -2.75. The highest BCUT2D eigenvalue weighted by Gasteiger charge is 2.80. The molecule has 7 nitrogen and oxygen atoms in total. The van der Waals surface area contributed by atoms with Crippen molar-refractivity contribution in [1.29, 1.82) is 0 Å². The summed E-state index contributed by atoms with van der Waals surface area (Å²) >= 11 is 0. The van der Waals surface area contributed by atoms with Crippen molar-refractivity contribution in [1.82, 2.24) is 9.88 Å². The van der Waals surface area contributed by atoms with Crippen LogP contribution in [0.25, 0.3) is 0 Å². The molecule has 1 amide bonds. The number of pyridine rings is 1. The number of amides is 1. The Bertz CT molecular complexity index is 1480. The van der Waals surface area contributed by atoms with Crippen molar-refractivity contribution in [2.45, 2.75) is 48.2 Å². The van der Waals surface area contributed by atoms with Gasteiger partial charge in [0.15, 0.2) is 0 Å². The fourth-order valence-electron chi connectivity index (χ4n) is 8.18. The van der Waals surface area contributed by atoms with Crippen molar-refractivity contribution in [2.24, 2.45) is 5.73 Å². The van der Waals surface area contributed by atoms with E-state index in [1.54, 1.807) is 13.2 Å². The van der Waals surface area contributed by atoms with Crippen molar-refractivity contribution in [3.05, 3.63) is 98.5 Å². The topological polar surface area (TPSA) is 109 Å². The van der Waals surface area contributed by atoms with E-state index in [-0.39, 0.29) is 17.0 Å². The number of ether oxygens (including phenoxy) is 1. The monoisotopic (exact) mass is 483 g/mol. The van der Waals surface area contributed by atoms with Crippen LogP contribution in [0.1, 0.15) is 44.7 Å². The molecule has 7 rings (SSSR count). The van der Waals surface area contributed by atoms with E-state index in [9.17, 15) is 14.7 Å². The van der Waals surface area contributed by atoms with E-state index in [2.05, 4.69) is 46.3 Å². The second kappa shape index (κ2) is 7.08. The number of aliphatic hydroxyl groups is 1. The molecular weight excluding hydrogens is 454 g/mol. The number of carbonyl (C=O) groups is 1. The third-order valence-electron chi connectivity index (χ3n) is 9.50. The third kappa shape index (κ3) is 2.54. The molecular formula is C29H29N3O4. The highest BCUT2D eigenvalue weighted by molar-refractivity contribution is 5.92. The zero-order valence-corrected chi connectivity index (χ0v) is 20.2. The van der Waals surface area contributed by atoms with Gasteiger partial charge in [-0.05, 0) is 53.3 Å². The third-order valence-corrected chi connectivity index (χ3v) is 9.50. The fourth-order valence-corrected chi connectivity index (χ4v) is 8.18. The molecule has 1 aromatic heterocycles. The summed E-state index contributed by atoms with van der Waals surface area (Å²) in [7, 11) is 1.66. The molecule has 3 aromatic rings. The first-order valence-electron chi connectivity index (χ1n) is 12.6. The van der Waals surface area contributed by atoms with Gasteiger partial charge in [0.05, 0.1) is 18.8 Å². The molecule has 2 fully saturated rings. The Hall–Kier alpha value is -3.42. The van der Waals surface area contributed by atoms with Gasteiger partial charge in [0.25, 0.3) is 11.5 Å². The van der Waals surface area contributed by atoms with Crippen LogP contribution in [0.4, 0.5) is 0 Å². The number of nitrogens with zero attached hydrogens (tertiary/aromatic N) is 1. The first kappa shape index (κ1) is 21.8. The van der Waals surface area contributed by atoms with Crippen molar-refractivity contribution in [3.63, 3.8) is 0 Å². The molecule has 4 aliphatic rings. The Balaban J connectivity index is 1.35. The molecule has 1 saturated heterocycles. The number of rotatable bonds is 5. The lowest BCUT2D eigenvalue weighted by atomic mass is 9.55. The minimum atomic E-state index is -1.04. The number of likely N-dealkylation sites (tertiary alicyclic amines) is 1. The van der Waals surface area contributed by atoms with E-state index in [4.69, 9.17) is 10.5 Å². The first-order chi connectivity index (χ1) is 17.3. The molecule has 36 heavy (non-hydrogen) atoms. The Labute approximate surface area is 208 Å². The van der Waals surface area contributed by atoms with Gasteiger partial charge in [-0.15, -0.1) is 0 Å². The molecule has 2 heterocycles. The largest absolute Gasteiger partial charge is 0.497 e. The van der Waals surface area contributed by atoms with Gasteiger partial charge in [-0.1, -0.05) is 36.4 Å². The van der Waals surface area contributed by atoms with Gasteiger partial charge >= 0.3 is 0 Å². The molecule has 184 valence electrons. The van der Waals surface area contributed by atoms with E-state index >= 15 is 0 Å². The summed E-state index contributed by atoms with van der Waals surface area (Å²) in [4.78, 5) is 29.9. The summed E-state index contributed by atoms with van der Waals surface area (Å²) < 4.78 is 5.57. The molecule has 2 bridgehead atoms. The van der Waals surface area contributed by atoms with Gasteiger partial charge in [-0.3, -0.25) is 14.5 Å². The number of nitrogens with one attached hydrogen (secondary N) is 1. The van der Waals surface area contributed by atoms with E-state index in [1.165, 1.54) is 11.1 Å². The summed E-state index contributed by atoms with van der Waals surface area (Å²) in [6.45, 7) is 1.76. The number of nitrogens with two attached hydrogens (primary N) is 1. The van der Waals surface area contributed by atoms with Crippen LogP contribution in [0, 0.1) is 0 Å². The number of benzene rings is 2. The quantitative estimate of drug-likeness (QED) is 0.513. The second-order valence-corrected chi connectivity index (χ2v) is 11.1.